The van der Waals surface area contributed by atoms with Crippen molar-refractivity contribution in [3.8, 4) is 0 Å². The van der Waals surface area contributed by atoms with Gasteiger partial charge >= 0.3 is 6.55 Å². The zero-order valence-electron chi connectivity index (χ0n) is 15.4. The van der Waals surface area contributed by atoms with Gasteiger partial charge < -0.3 is 5.73 Å². The summed E-state index contributed by atoms with van der Waals surface area (Å²) in [6.45, 7) is 7.34. The van der Waals surface area contributed by atoms with Gasteiger partial charge in [-0.15, -0.1) is 9.58 Å². The number of nitrogens with two attached hydrogens (primary N) is 2. The molecule has 0 radical (unpaired) electrons. The molecule has 25 heavy (non-hydrogen) atoms. The van der Waals surface area contributed by atoms with Crippen molar-refractivity contribution >= 4 is 40.3 Å². The van der Waals surface area contributed by atoms with E-state index in [-0.39, 0.29) is 12.1 Å². The van der Waals surface area contributed by atoms with Gasteiger partial charge in [0.05, 0.1) is 12.9 Å². The van der Waals surface area contributed by atoms with Crippen LogP contribution in [-0.4, -0.2) is 53.4 Å². The van der Waals surface area contributed by atoms with E-state index in [0.29, 0.717) is 23.4 Å². The molecule has 5 N–H and O–H groups in total. The molecule has 9 heteroatoms. The van der Waals surface area contributed by atoms with Gasteiger partial charge in [-0.25, -0.2) is 0 Å². The Morgan fingerprint density at radius 2 is 1.96 bits per heavy atom. The molecule has 2 aliphatic rings. The summed E-state index contributed by atoms with van der Waals surface area (Å²) in [4.78, 5) is 4.34. The van der Waals surface area contributed by atoms with Crippen LogP contribution in [0.5, 0.6) is 0 Å². The lowest BCUT2D eigenvalue weighted by atomic mass is 9.83. The first-order valence-electron chi connectivity index (χ1n) is 8.23. The first-order chi connectivity index (χ1) is 11.5. The van der Waals surface area contributed by atoms with Crippen molar-refractivity contribution in [3.05, 3.63) is 12.3 Å². The number of nitrogens with zero attached hydrogens (tertiary/aromatic N) is 2. The molecule has 1 aliphatic heterocycles. The number of rotatable bonds is 3. The van der Waals surface area contributed by atoms with Gasteiger partial charge in [0.25, 0.3) is 0 Å². The third kappa shape index (κ3) is 9.05. The molecule has 0 amide bonds. The molecule has 5 nitrogen and oxygen atoms in total. The molecule has 1 aliphatic carbocycles. The number of hydrogen-bond acceptors (Lipinski definition) is 6. The highest BCUT2D eigenvalue weighted by Crippen LogP contribution is 2.28. The van der Waals surface area contributed by atoms with Crippen LogP contribution in [0.25, 0.3) is 0 Å². The summed E-state index contributed by atoms with van der Waals surface area (Å²) in [6.07, 6.45) is 3.04. The molecular weight excluding hydrogens is 364 g/mol. The summed E-state index contributed by atoms with van der Waals surface area (Å²) < 4.78 is 26.8. The van der Waals surface area contributed by atoms with Crippen molar-refractivity contribution in [1.29, 1.82) is 0 Å². The van der Waals surface area contributed by atoms with Crippen LogP contribution in [-0.2, 0) is 0 Å². The number of nitrogens with one attached hydrogen (secondary N) is 1. The second-order valence-electron chi connectivity index (χ2n) is 6.06. The molecule has 0 aromatic rings. The predicted molar refractivity (Wildman–Crippen MR) is 114 cm³/mol. The Balaban J connectivity index is 0.000000451. The zero-order chi connectivity index (χ0) is 19.8. The highest BCUT2D eigenvalue weighted by molar-refractivity contribution is 8.24. The molecule has 1 fully saturated rings. The van der Waals surface area contributed by atoms with Gasteiger partial charge in [-0.3, -0.25) is 19.8 Å². The Hall–Kier alpha value is -0.610. The average Bonchev–Trinajstić information content (AvgIpc) is 2.92. The number of hydrogen-bond donors (Lipinski definition) is 4. The molecule has 0 aromatic heterocycles. The molecule has 4 atom stereocenters. The van der Waals surface area contributed by atoms with E-state index in [9.17, 15) is 8.78 Å². The van der Waals surface area contributed by atoms with Gasteiger partial charge in [0.1, 0.15) is 0 Å². The molecule has 0 aromatic carbocycles. The Kier molecular flexibility index (Phi) is 10.9. The Labute approximate surface area is 157 Å². The Morgan fingerprint density at radius 3 is 2.32 bits per heavy atom. The number of alkyl halides is 2. The van der Waals surface area contributed by atoms with Crippen LogP contribution < -0.4 is 15.6 Å². The quantitative estimate of drug-likeness (QED) is 0.335. The van der Waals surface area contributed by atoms with E-state index < -0.39 is 16.1 Å². The molecule has 1 saturated carbocycles. The van der Waals surface area contributed by atoms with E-state index in [1.54, 1.807) is 0 Å². The van der Waals surface area contributed by atoms with Crippen LogP contribution in [0.15, 0.2) is 17.3 Å². The van der Waals surface area contributed by atoms with E-state index in [4.69, 9.17) is 10.9 Å². The molecule has 2 rings (SSSR count). The molecule has 0 bridgehead atoms. The fourth-order valence-electron chi connectivity index (χ4n) is 2.42. The first-order valence-corrected chi connectivity index (χ1v) is 10.8. The summed E-state index contributed by atoms with van der Waals surface area (Å²) in [6, 6.07) is 0.484. The van der Waals surface area contributed by atoms with Crippen LogP contribution in [0.4, 0.5) is 8.78 Å². The van der Waals surface area contributed by atoms with Crippen LogP contribution in [0, 0.1) is 5.92 Å². The van der Waals surface area contributed by atoms with Crippen LogP contribution in [0.2, 0.25) is 0 Å². The maximum absolute atomic E-state index is 11.8. The predicted octanol–water partition coefficient (Wildman–Crippen LogP) is 2.55. The van der Waals surface area contributed by atoms with Crippen molar-refractivity contribution in [1.82, 2.24) is 9.62 Å². The second kappa shape index (κ2) is 11.2. The molecule has 0 saturated heterocycles. The second-order valence-corrected chi connectivity index (χ2v) is 8.84. The Bertz CT molecular complexity index is 537. The Morgan fingerprint density at radius 1 is 1.40 bits per heavy atom. The highest BCUT2D eigenvalue weighted by atomic mass is 32.2. The van der Waals surface area contributed by atoms with Crippen molar-refractivity contribution < 1.29 is 8.78 Å². The van der Waals surface area contributed by atoms with Gasteiger partial charge in [-0.1, -0.05) is 39.1 Å². The lowest BCUT2D eigenvalue weighted by molar-refractivity contribution is 0.0483. The molecule has 0 spiro atoms. The van der Waals surface area contributed by atoms with Gasteiger partial charge in [-0.05, 0) is 18.8 Å². The maximum atomic E-state index is 11.8. The van der Waals surface area contributed by atoms with E-state index in [1.807, 2.05) is 13.8 Å². The molecule has 1 heterocycles. The third-order valence-corrected chi connectivity index (χ3v) is 5.12. The number of thiol groups is 1. The molecule has 4 unspecified atom stereocenters. The number of aliphatic imine (C=N–C) groups is 1. The zero-order valence-corrected chi connectivity index (χ0v) is 17.1. The van der Waals surface area contributed by atoms with Crippen molar-refractivity contribution in [2.24, 2.45) is 21.8 Å². The SMILES string of the molecule is C=C1CN=CN1C(F)F.C=S(=C)(N)NC1CC(N)C(C)CC1S.CC. The van der Waals surface area contributed by atoms with Crippen LogP contribution in [0.3, 0.4) is 0 Å². The summed E-state index contributed by atoms with van der Waals surface area (Å²) >= 11 is 4.55. The molecular formula is C16H33F2N5S2. The maximum Gasteiger partial charge on any atom is 0.319 e. The largest absolute Gasteiger partial charge is 0.327 e. The van der Waals surface area contributed by atoms with Crippen molar-refractivity contribution in [2.45, 2.75) is 57.5 Å². The first kappa shape index (κ1) is 24.4. The van der Waals surface area contributed by atoms with Gasteiger partial charge in [0, 0.05) is 23.0 Å². The number of halogens is 2. The molecule has 148 valence electrons. The standard InChI is InChI=1S/C9H21N3S2.C5H6F2N2.C2H6/c1-6-4-9(13)8(5-7(6)10)12-14(2,3)11;1-4-2-8-3-9(4)5(6)7;1-2/h6-9,12-13H,2-5,10-11H2,1H3;3,5H,1-2H2;1-2H3. The van der Waals surface area contributed by atoms with Crippen LogP contribution in [0.1, 0.15) is 33.6 Å². The minimum Gasteiger partial charge on any atom is -0.327 e. The van der Waals surface area contributed by atoms with E-state index in [1.165, 1.54) is 0 Å². The van der Waals surface area contributed by atoms with Crippen molar-refractivity contribution in [3.63, 3.8) is 0 Å². The van der Waals surface area contributed by atoms with E-state index >= 15 is 0 Å². The van der Waals surface area contributed by atoms with Gasteiger partial charge in [-0.2, -0.15) is 21.4 Å². The van der Waals surface area contributed by atoms with E-state index in [2.05, 4.69) is 47.6 Å². The summed E-state index contributed by atoms with van der Waals surface area (Å²) in [5.74, 6) is 8.15. The minimum atomic E-state index is -2.50. The van der Waals surface area contributed by atoms with Crippen molar-refractivity contribution in [2.75, 3.05) is 6.54 Å². The minimum absolute atomic E-state index is 0.234. The van der Waals surface area contributed by atoms with Gasteiger partial charge in [0.2, 0.25) is 0 Å². The monoisotopic (exact) mass is 397 g/mol. The fourth-order valence-corrected chi connectivity index (χ4v) is 3.91. The normalized spacial score (nSPS) is 29.0. The fraction of sp³-hybridized carbons (Fsp3) is 0.688. The lowest BCUT2D eigenvalue weighted by Crippen LogP contribution is -2.49. The van der Waals surface area contributed by atoms with Gasteiger partial charge in [0.15, 0.2) is 0 Å². The average molecular weight is 398 g/mol. The summed E-state index contributed by atoms with van der Waals surface area (Å²) in [5, 5.41) is 6.09. The smallest absolute Gasteiger partial charge is 0.319 e. The summed E-state index contributed by atoms with van der Waals surface area (Å²) in [5.41, 5.74) is 6.36. The lowest BCUT2D eigenvalue weighted by Gasteiger charge is -2.37. The summed E-state index contributed by atoms with van der Waals surface area (Å²) in [7, 11) is -1.65. The van der Waals surface area contributed by atoms with E-state index in [0.717, 1.165) is 24.1 Å². The van der Waals surface area contributed by atoms with Crippen LogP contribution >= 0.6 is 22.2 Å². The third-order valence-electron chi connectivity index (χ3n) is 3.78. The highest BCUT2D eigenvalue weighted by Gasteiger charge is 2.31. The topological polar surface area (TPSA) is 79.7 Å².